The molecule has 0 saturated carbocycles. The van der Waals surface area contributed by atoms with Crippen LogP contribution in [0, 0.1) is 6.92 Å². The molecule has 2 rings (SSSR count). The molecule has 0 aromatic heterocycles. The van der Waals surface area contributed by atoms with Crippen LogP contribution in [0.2, 0.25) is 0 Å². The van der Waals surface area contributed by atoms with E-state index >= 15 is 0 Å². The van der Waals surface area contributed by atoms with Crippen LogP contribution >= 0.6 is 15.9 Å². The Morgan fingerprint density at radius 1 is 1.05 bits per heavy atom. The highest BCUT2D eigenvalue weighted by molar-refractivity contribution is 9.10. The van der Waals surface area contributed by atoms with Gasteiger partial charge in [-0.1, -0.05) is 60.1 Å². The van der Waals surface area contributed by atoms with Gasteiger partial charge in [0.2, 0.25) is 0 Å². The normalized spacial score (nSPS) is 12.4. The zero-order valence-electron chi connectivity index (χ0n) is 12.4. The van der Waals surface area contributed by atoms with E-state index in [-0.39, 0.29) is 6.04 Å². The van der Waals surface area contributed by atoms with Gasteiger partial charge in [0, 0.05) is 4.47 Å². The summed E-state index contributed by atoms with van der Waals surface area (Å²) in [5.74, 6) is 0. The molecule has 0 spiro atoms. The van der Waals surface area contributed by atoms with Crippen LogP contribution in [0.4, 0.5) is 0 Å². The van der Waals surface area contributed by atoms with Crippen LogP contribution in [-0.2, 0) is 12.8 Å². The molecule has 2 aromatic carbocycles. The minimum atomic E-state index is -0.0617. The number of halogens is 1. The van der Waals surface area contributed by atoms with Crippen LogP contribution in [0.15, 0.2) is 40.9 Å². The van der Waals surface area contributed by atoms with Crippen molar-refractivity contribution >= 4 is 15.9 Å². The van der Waals surface area contributed by atoms with Crippen LogP contribution in [0.1, 0.15) is 47.7 Å². The van der Waals surface area contributed by atoms with Gasteiger partial charge < -0.3 is 5.73 Å². The van der Waals surface area contributed by atoms with E-state index in [4.69, 9.17) is 5.73 Å². The van der Waals surface area contributed by atoms with Crippen molar-refractivity contribution in [3.8, 4) is 0 Å². The summed E-state index contributed by atoms with van der Waals surface area (Å²) < 4.78 is 1.12. The van der Waals surface area contributed by atoms with E-state index in [1.54, 1.807) is 0 Å². The average Bonchev–Trinajstić information content (AvgIpc) is 2.48. The van der Waals surface area contributed by atoms with E-state index in [1.165, 1.54) is 22.3 Å². The van der Waals surface area contributed by atoms with Crippen molar-refractivity contribution in [2.24, 2.45) is 5.73 Å². The summed E-state index contributed by atoms with van der Waals surface area (Å²) in [5.41, 5.74) is 12.8. The van der Waals surface area contributed by atoms with Crippen molar-refractivity contribution in [1.29, 1.82) is 0 Å². The van der Waals surface area contributed by atoms with Gasteiger partial charge in [0.25, 0.3) is 0 Å². The number of benzene rings is 2. The summed E-state index contributed by atoms with van der Waals surface area (Å²) in [5, 5.41) is 0. The molecule has 1 unspecified atom stereocenters. The summed E-state index contributed by atoms with van der Waals surface area (Å²) in [6.07, 6.45) is 2.06. The molecule has 0 saturated heterocycles. The Morgan fingerprint density at radius 2 is 1.80 bits per heavy atom. The first-order valence-corrected chi connectivity index (χ1v) is 7.99. The molecule has 0 bridgehead atoms. The second kappa shape index (κ2) is 6.55. The molecule has 1 nitrogen and oxygen atoms in total. The quantitative estimate of drug-likeness (QED) is 0.844. The van der Waals surface area contributed by atoms with Gasteiger partial charge in [-0.25, -0.2) is 0 Å². The molecule has 106 valence electrons. The summed E-state index contributed by atoms with van der Waals surface area (Å²) in [4.78, 5) is 0. The van der Waals surface area contributed by atoms with Crippen molar-refractivity contribution < 1.29 is 0 Å². The van der Waals surface area contributed by atoms with Crippen LogP contribution in [-0.4, -0.2) is 0 Å². The third-order valence-corrected chi connectivity index (χ3v) is 4.74. The highest BCUT2D eigenvalue weighted by Gasteiger charge is 2.14. The molecular formula is C18H22BrN. The molecule has 0 aliphatic rings. The lowest BCUT2D eigenvalue weighted by Crippen LogP contribution is -2.14. The van der Waals surface area contributed by atoms with Gasteiger partial charge in [-0.15, -0.1) is 0 Å². The van der Waals surface area contributed by atoms with Gasteiger partial charge in [0.1, 0.15) is 0 Å². The Labute approximate surface area is 130 Å². The van der Waals surface area contributed by atoms with Crippen molar-refractivity contribution in [2.45, 2.75) is 39.7 Å². The maximum atomic E-state index is 6.51. The maximum absolute atomic E-state index is 6.51. The molecule has 2 heteroatoms. The smallest absolute Gasteiger partial charge is 0.0554 e. The third-order valence-electron chi connectivity index (χ3n) is 3.89. The van der Waals surface area contributed by atoms with Crippen molar-refractivity contribution in [3.63, 3.8) is 0 Å². The molecule has 0 radical (unpaired) electrons. The zero-order valence-corrected chi connectivity index (χ0v) is 14.0. The van der Waals surface area contributed by atoms with Crippen molar-refractivity contribution in [2.75, 3.05) is 0 Å². The molecule has 0 heterocycles. The van der Waals surface area contributed by atoms with Crippen LogP contribution in [0.3, 0.4) is 0 Å². The van der Waals surface area contributed by atoms with Gasteiger partial charge >= 0.3 is 0 Å². The summed E-state index contributed by atoms with van der Waals surface area (Å²) in [6, 6.07) is 13.0. The molecule has 1 atom stereocenters. The molecule has 20 heavy (non-hydrogen) atoms. The van der Waals surface area contributed by atoms with Gasteiger partial charge in [0.05, 0.1) is 6.04 Å². The zero-order chi connectivity index (χ0) is 14.7. The minimum Gasteiger partial charge on any atom is -0.320 e. The minimum absolute atomic E-state index is 0.0617. The molecule has 0 aliphatic carbocycles. The van der Waals surface area contributed by atoms with Crippen LogP contribution < -0.4 is 5.73 Å². The lowest BCUT2D eigenvalue weighted by molar-refractivity contribution is 0.843. The van der Waals surface area contributed by atoms with E-state index in [1.807, 2.05) is 0 Å². The highest BCUT2D eigenvalue weighted by Crippen LogP contribution is 2.28. The Balaban J connectivity index is 2.45. The molecule has 2 N–H and O–H groups in total. The van der Waals surface area contributed by atoms with E-state index in [0.717, 1.165) is 22.9 Å². The predicted octanol–water partition coefficient (Wildman–Crippen LogP) is 4.93. The van der Waals surface area contributed by atoms with E-state index < -0.39 is 0 Å². The lowest BCUT2D eigenvalue weighted by atomic mass is 9.91. The summed E-state index contributed by atoms with van der Waals surface area (Å²) in [7, 11) is 0. The monoisotopic (exact) mass is 331 g/mol. The number of aryl methyl sites for hydroxylation is 3. The number of rotatable bonds is 4. The molecular weight excluding hydrogens is 310 g/mol. The van der Waals surface area contributed by atoms with Gasteiger partial charge in [0.15, 0.2) is 0 Å². The van der Waals surface area contributed by atoms with Crippen molar-refractivity contribution in [3.05, 3.63) is 68.7 Å². The Kier molecular flexibility index (Phi) is 5.00. The molecule has 2 aromatic rings. The first-order valence-electron chi connectivity index (χ1n) is 7.20. The second-order valence-corrected chi connectivity index (χ2v) is 6.08. The first-order chi connectivity index (χ1) is 9.56. The van der Waals surface area contributed by atoms with E-state index in [0.29, 0.717) is 0 Å². The number of hydrogen-bond acceptors (Lipinski definition) is 1. The lowest BCUT2D eigenvalue weighted by Gasteiger charge is -2.18. The topological polar surface area (TPSA) is 26.0 Å². The summed E-state index contributed by atoms with van der Waals surface area (Å²) >= 11 is 3.60. The standard InChI is InChI=1S/C18H22BrN/c1-4-13-7-9-14(5-2)16(10-13)18(20)15-8-6-12(3)17(19)11-15/h6-11,18H,4-5,20H2,1-3H3. The van der Waals surface area contributed by atoms with Gasteiger partial charge in [-0.05, 0) is 53.6 Å². The fraction of sp³-hybridized carbons (Fsp3) is 0.333. The fourth-order valence-electron chi connectivity index (χ4n) is 2.46. The van der Waals surface area contributed by atoms with Gasteiger partial charge in [-0.3, -0.25) is 0 Å². The Morgan fingerprint density at radius 3 is 2.40 bits per heavy atom. The maximum Gasteiger partial charge on any atom is 0.0554 e. The molecule has 0 aliphatic heterocycles. The number of nitrogens with two attached hydrogens (primary N) is 1. The fourth-order valence-corrected chi connectivity index (χ4v) is 2.85. The third kappa shape index (κ3) is 3.13. The van der Waals surface area contributed by atoms with Crippen LogP contribution in [0.25, 0.3) is 0 Å². The van der Waals surface area contributed by atoms with E-state index in [2.05, 4.69) is 73.1 Å². The highest BCUT2D eigenvalue weighted by atomic mass is 79.9. The first kappa shape index (κ1) is 15.3. The predicted molar refractivity (Wildman–Crippen MR) is 90.1 cm³/mol. The number of hydrogen-bond donors (Lipinski definition) is 1. The van der Waals surface area contributed by atoms with Gasteiger partial charge in [-0.2, -0.15) is 0 Å². The Bertz CT molecular complexity index is 604. The van der Waals surface area contributed by atoms with E-state index in [9.17, 15) is 0 Å². The largest absolute Gasteiger partial charge is 0.320 e. The summed E-state index contributed by atoms with van der Waals surface area (Å²) in [6.45, 7) is 6.45. The molecule has 0 amide bonds. The average molecular weight is 332 g/mol. The second-order valence-electron chi connectivity index (χ2n) is 5.23. The van der Waals surface area contributed by atoms with Crippen molar-refractivity contribution in [1.82, 2.24) is 0 Å². The Hall–Kier alpha value is -1.12. The van der Waals surface area contributed by atoms with Crippen LogP contribution in [0.5, 0.6) is 0 Å². The molecule has 0 fully saturated rings. The SMILES string of the molecule is CCc1ccc(CC)c(C(N)c2ccc(C)c(Br)c2)c1.